The quantitative estimate of drug-likeness (QED) is 0.577. The lowest BCUT2D eigenvalue weighted by molar-refractivity contribution is 0.276. The first kappa shape index (κ1) is 20.6. The molecule has 1 unspecified atom stereocenters. The topological polar surface area (TPSA) is 79.6 Å². The zero-order valence-electron chi connectivity index (χ0n) is 15.8. The maximum absolute atomic E-state index is 11.9. The highest BCUT2D eigenvalue weighted by Crippen LogP contribution is 2.30. The highest BCUT2D eigenvalue weighted by Gasteiger charge is 2.26. The number of nitrogens with one attached hydrogen (secondary N) is 1. The summed E-state index contributed by atoms with van der Waals surface area (Å²) in [5, 5.41) is 8.47. The molecule has 0 saturated carbocycles. The molecule has 1 fully saturated rings. The lowest BCUT2D eigenvalue weighted by Crippen LogP contribution is -2.41. The van der Waals surface area contributed by atoms with Crippen molar-refractivity contribution < 1.29 is 8.42 Å². The Hall–Kier alpha value is -1.68. The van der Waals surface area contributed by atoms with Crippen LogP contribution in [0.1, 0.15) is 12.8 Å². The number of hydrogen-bond acceptors (Lipinski definition) is 5. The molecule has 1 saturated heterocycles. The summed E-state index contributed by atoms with van der Waals surface area (Å²) in [5.41, 5.74) is 2.27. The number of sulfonamides is 1. The van der Waals surface area contributed by atoms with E-state index >= 15 is 0 Å². The van der Waals surface area contributed by atoms with Crippen molar-refractivity contribution in [1.82, 2.24) is 18.9 Å². The number of piperidine rings is 1. The number of benzene rings is 1. The fourth-order valence-corrected chi connectivity index (χ4v) is 5.14. The van der Waals surface area contributed by atoms with E-state index in [9.17, 15) is 8.42 Å². The maximum Gasteiger partial charge on any atom is 0.211 e. The minimum atomic E-state index is -3.16. The van der Waals surface area contributed by atoms with E-state index in [0.717, 1.165) is 34.4 Å². The van der Waals surface area contributed by atoms with Gasteiger partial charge in [0.05, 0.1) is 22.6 Å². The van der Waals surface area contributed by atoms with Gasteiger partial charge in [0.2, 0.25) is 10.0 Å². The Morgan fingerprint density at radius 2 is 2.14 bits per heavy atom. The van der Waals surface area contributed by atoms with Gasteiger partial charge in [0, 0.05) is 36.3 Å². The van der Waals surface area contributed by atoms with E-state index in [0.29, 0.717) is 30.3 Å². The SMILES string of the molecule is CS(=O)(=O)N1CCCC(CNc2cc(-c3ccccc3Cl)nc3c(Br)cnn23)C1. The Labute approximate surface area is 183 Å². The van der Waals surface area contributed by atoms with E-state index in [1.165, 1.54) is 6.26 Å². The van der Waals surface area contributed by atoms with E-state index in [1.54, 1.807) is 15.0 Å². The molecule has 0 amide bonds. The molecule has 154 valence electrons. The van der Waals surface area contributed by atoms with Crippen LogP contribution in [0.4, 0.5) is 5.82 Å². The maximum atomic E-state index is 11.9. The van der Waals surface area contributed by atoms with Crippen LogP contribution in [0.15, 0.2) is 41.0 Å². The number of halogens is 2. The minimum Gasteiger partial charge on any atom is -0.370 e. The molecule has 2 aromatic heterocycles. The largest absolute Gasteiger partial charge is 0.370 e. The van der Waals surface area contributed by atoms with Gasteiger partial charge in [0.15, 0.2) is 5.65 Å². The van der Waals surface area contributed by atoms with Crippen LogP contribution >= 0.6 is 27.5 Å². The molecule has 0 radical (unpaired) electrons. The van der Waals surface area contributed by atoms with Gasteiger partial charge in [-0.15, -0.1) is 0 Å². The molecule has 1 atom stereocenters. The summed E-state index contributed by atoms with van der Waals surface area (Å²) in [6.07, 6.45) is 4.82. The summed E-state index contributed by atoms with van der Waals surface area (Å²) in [5.74, 6) is 1.01. The fraction of sp³-hybridized carbons (Fsp3) is 0.368. The first-order valence-electron chi connectivity index (χ1n) is 9.31. The Morgan fingerprint density at radius 1 is 1.34 bits per heavy atom. The molecule has 0 aliphatic carbocycles. The van der Waals surface area contributed by atoms with E-state index in [-0.39, 0.29) is 5.92 Å². The van der Waals surface area contributed by atoms with E-state index in [1.807, 2.05) is 30.3 Å². The highest BCUT2D eigenvalue weighted by atomic mass is 79.9. The van der Waals surface area contributed by atoms with Gasteiger partial charge in [-0.25, -0.2) is 17.7 Å². The number of anilines is 1. The van der Waals surface area contributed by atoms with Gasteiger partial charge in [-0.3, -0.25) is 0 Å². The van der Waals surface area contributed by atoms with Gasteiger partial charge in [-0.1, -0.05) is 29.8 Å². The number of hydrogen-bond donors (Lipinski definition) is 1. The third-order valence-electron chi connectivity index (χ3n) is 5.10. The number of fused-ring (bicyclic) bond motifs is 1. The summed E-state index contributed by atoms with van der Waals surface area (Å²) < 4.78 is 27.9. The van der Waals surface area contributed by atoms with Crippen molar-refractivity contribution in [3.05, 3.63) is 46.0 Å². The zero-order valence-corrected chi connectivity index (χ0v) is 19.0. The van der Waals surface area contributed by atoms with Gasteiger partial charge >= 0.3 is 0 Å². The predicted molar refractivity (Wildman–Crippen MR) is 119 cm³/mol. The average molecular weight is 499 g/mol. The molecule has 4 rings (SSSR count). The molecule has 3 aromatic rings. The van der Waals surface area contributed by atoms with Crippen LogP contribution in [0.2, 0.25) is 5.02 Å². The molecule has 1 aromatic carbocycles. The van der Waals surface area contributed by atoms with Gasteiger partial charge in [-0.05, 0) is 40.8 Å². The van der Waals surface area contributed by atoms with Gasteiger partial charge < -0.3 is 5.32 Å². The van der Waals surface area contributed by atoms with Gasteiger partial charge in [0.25, 0.3) is 0 Å². The molecule has 1 aliphatic rings. The lowest BCUT2D eigenvalue weighted by atomic mass is 10.00. The van der Waals surface area contributed by atoms with Crippen molar-refractivity contribution in [3.8, 4) is 11.3 Å². The molecule has 29 heavy (non-hydrogen) atoms. The van der Waals surface area contributed by atoms with E-state index < -0.39 is 10.0 Å². The van der Waals surface area contributed by atoms with Crippen LogP contribution in [0, 0.1) is 5.92 Å². The summed E-state index contributed by atoms with van der Waals surface area (Å²) in [6.45, 7) is 1.77. The fourth-order valence-electron chi connectivity index (χ4n) is 3.61. The number of aromatic nitrogens is 3. The third kappa shape index (κ3) is 4.42. The Kier molecular flexibility index (Phi) is 5.83. The zero-order chi connectivity index (χ0) is 20.6. The van der Waals surface area contributed by atoms with Crippen molar-refractivity contribution in [3.63, 3.8) is 0 Å². The molecule has 1 aliphatic heterocycles. The third-order valence-corrected chi connectivity index (χ3v) is 7.26. The highest BCUT2D eigenvalue weighted by molar-refractivity contribution is 9.10. The second-order valence-corrected chi connectivity index (χ2v) is 10.5. The van der Waals surface area contributed by atoms with Crippen LogP contribution in [-0.4, -0.2) is 53.2 Å². The normalized spacial score (nSPS) is 18.2. The first-order chi connectivity index (χ1) is 13.8. The van der Waals surface area contributed by atoms with Crippen molar-refractivity contribution in [2.45, 2.75) is 12.8 Å². The van der Waals surface area contributed by atoms with Gasteiger partial charge in [0.1, 0.15) is 5.82 Å². The second-order valence-electron chi connectivity index (χ2n) is 7.24. The summed E-state index contributed by atoms with van der Waals surface area (Å²) in [4.78, 5) is 4.71. The van der Waals surface area contributed by atoms with Crippen LogP contribution < -0.4 is 5.32 Å². The van der Waals surface area contributed by atoms with Crippen molar-refractivity contribution in [2.24, 2.45) is 5.92 Å². The van der Waals surface area contributed by atoms with Crippen LogP contribution in [-0.2, 0) is 10.0 Å². The molecule has 10 heteroatoms. The standard InChI is InChI=1S/C19H21BrClN5O2S/c1-29(27,28)25-8-4-5-13(12-25)10-22-18-9-17(14-6-2-3-7-16(14)21)24-19-15(20)11-23-26(18)19/h2-3,6-7,9,11,13,22H,4-5,8,10,12H2,1H3. The molecule has 3 heterocycles. The second kappa shape index (κ2) is 8.22. The summed E-state index contributed by atoms with van der Waals surface area (Å²) in [7, 11) is -3.16. The van der Waals surface area contributed by atoms with Crippen molar-refractivity contribution in [2.75, 3.05) is 31.2 Å². The molecule has 7 nitrogen and oxygen atoms in total. The van der Waals surface area contributed by atoms with E-state index in [4.69, 9.17) is 16.6 Å². The molecular formula is C19H21BrClN5O2S. The van der Waals surface area contributed by atoms with Crippen LogP contribution in [0.25, 0.3) is 16.9 Å². The Bertz CT molecular complexity index is 1150. The smallest absolute Gasteiger partial charge is 0.211 e. The Morgan fingerprint density at radius 3 is 2.90 bits per heavy atom. The monoisotopic (exact) mass is 497 g/mol. The molecular weight excluding hydrogens is 478 g/mol. The summed E-state index contributed by atoms with van der Waals surface area (Å²) >= 11 is 9.88. The molecule has 1 N–H and O–H groups in total. The number of nitrogens with zero attached hydrogens (tertiary/aromatic N) is 4. The van der Waals surface area contributed by atoms with Crippen molar-refractivity contribution in [1.29, 1.82) is 0 Å². The predicted octanol–water partition coefficient (Wildman–Crippen LogP) is 3.90. The van der Waals surface area contributed by atoms with Crippen molar-refractivity contribution >= 4 is 49.0 Å². The first-order valence-corrected chi connectivity index (χ1v) is 12.3. The van der Waals surface area contributed by atoms with Crippen LogP contribution in [0.5, 0.6) is 0 Å². The van der Waals surface area contributed by atoms with E-state index in [2.05, 4.69) is 26.3 Å². The average Bonchev–Trinajstić information content (AvgIpc) is 3.07. The lowest BCUT2D eigenvalue weighted by Gasteiger charge is -2.31. The summed E-state index contributed by atoms with van der Waals surface area (Å²) in [6, 6.07) is 9.50. The molecule has 0 bridgehead atoms. The van der Waals surface area contributed by atoms with Gasteiger partial charge in [-0.2, -0.15) is 9.61 Å². The molecule has 0 spiro atoms. The Balaban J connectivity index is 1.62. The van der Waals surface area contributed by atoms with Crippen LogP contribution in [0.3, 0.4) is 0 Å². The minimum absolute atomic E-state index is 0.226. The number of rotatable bonds is 5.